The molecule has 0 unspecified atom stereocenters. The fraction of sp³-hybridized carbons (Fsp3) is 0.174. The van der Waals surface area contributed by atoms with Crippen molar-refractivity contribution in [3.63, 3.8) is 0 Å². The smallest absolute Gasteiger partial charge is 0.404 e. The monoisotopic (exact) mass is 549 g/mol. The molecule has 193 valence electrons. The van der Waals surface area contributed by atoms with E-state index in [0.29, 0.717) is 0 Å². The number of phenols is 2. The lowest BCUT2D eigenvalue weighted by Crippen LogP contribution is -2.50. The Labute approximate surface area is 221 Å². The Balaban J connectivity index is 1.69. The first-order valence-corrected chi connectivity index (χ1v) is 11.4. The number of nitrogens with one attached hydrogen (secondary N) is 4. The van der Waals surface area contributed by atoms with Crippen molar-refractivity contribution in [1.82, 2.24) is 4.99 Å². The molecule has 2 aromatic rings. The number of hydrogen-bond acceptors (Lipinski definition) is 7. The molecule has 14 heteroatoms. The summed E-state index contributed by atoms with van der Waals surface area (Å²) in [6, 6.07) is 5.16. The molecule has 0 fully saturated rings. The number of nitrogens with zero attached hydrogens (tertiary/aromatic N) is 2. The minimum atomic E-state index is -0.520. The predicted molar refractivity (Wildman–Crippen MR) is 139 cm³/mol. The van der Waals surface area contributed by atoms with Crippen molar-refractivity contribution in [2.45, 2.75) is 13.8 Å². The number of amides is 4. The van der Waals surface area contributed by atoms with E-state index < -0.39 is 23.6 Å². The summed E-state index contributed by atoms with van der Waals surface area (Å²) in [5.74, 6) is -2.58. The number of quaternary nitrogens is 1. The molecule has 0 aromatic heterocycles. The van der Waals surface area contributed by atoms with Crippen LogP contribution in [0.1, 0.15) is 13.8 Å². The molecule has 4 amide bonds. The van der Waals surface area contributed by atoms with E-state index >= 15 is 0 Å². The van der Waals surface area contributed by atoms with Crippen LogP contribution in [0, 0.1) is 0 Å². The molecule has 1 aliphatic heterocycles. The molecule has 1 heterocycles. The number of aliphatic imine (C=N–C) groups is 1. The SMILES string of the molecule is CC(=O)Nc1c(O)cc(NC(=O)C[N+]2(CC(=O)Nc3cc(O)c(NC(C)=O)c(Cl)c3)C=C[N+]=C2)cc1Cl. The molecule has 37 heavy (non-hydrogen) atoms. The van der Waals surface area contributed by atoms with Gasteiger partial charge in [0.2, 0.25) is 11.8 Å². The Kier molecular flexibility index (Phi) is 8.38. The Morgan fingerprint density at radius 1 is 0.784 bits per heavy atom. The van der Waals surface area contributed by atoms with Crippen molar-refractivity contribution in [2.75, 3.05) is 34.4 Å². The van der Waals surface area contributed by atoms with Crippen molar-refractivity contribution >= 4 is 75.9 Å². The maximum absolute atomic E-state index is 12.8. The maximum Gasteiger partial charge on any atom is 0.404 e. The van der Waals surface area contributed by atoms with Crippen LogP contribution in [0.5, 0.6) is 11.5 Å². The quantitative estimate of drug-likeness (QED) is 0.218. The first kappa shape index (κ1) is 27.5. The highest BCUT2D eigenvalue weighted by Crippen LogP contribution is 2.36. The number of anilines is 4. The summed E-state index contributed by atoms with van der Waals surface area (Å²) in [7, 11) is 0. The molecule has 2 aromatic carbocycles. The highest BCUT2D eigenvalue weighted by molar-refractivity contribution is 6.35. The summed E-state index contributed by atoms with van der Waals surface area (Å²) in [6.45, 7) is 2.06. The number of benzene rings is 2. The van der Waals surface area contributed by atoms with Gasteiger partial charge in [-0.1, -0.05) is 23.2 Å². The van der Waals surface area contributed by atoms with Gasteiger partial charge in [-0.05, 0) is 12.1 Å². The Morgan fingerprint density at radius 2 is 1.22 bits per heavy atom. The van der Waals surface area contributed by atoms with Crippen molar-refractivity contribution in [1.29, 1.82) is 0 Å². The third kappa shape index (κ3) is 7.19. The minimum Gasteiger partial charge on any atom is -0.506 e. The maximum atomic E-state index is 12.8. The van der Waals surface area contributed by atoms with Crippen LogP contribution in [0.3, 0.4) is 0 Å². The van der Waals surface area contributed by atoms with Gasteiger partial charge in [-0.2, -0.15) is 4.48 Å². The third-order valence-electron chi connectivity index (χ3n) is 4.93. The largest absolute Gasteiger partial charge is 0.506 e. The molecule has 0 saturated carbocycles. The predicted octanol–water partition coefficient (Wildman–Crippen LogP) is 2.56. The number of carbonyl (C=O) groups excluding carboxylic acids is 4. The third-order valence-corrected chi connectivity index (χ3v) is 5.53. The van der Waals surface area contributed by atoms with Gasteiger partial charge in [-0.3, -0.25) is 19.2 Å². The van der Waals surface area contributed by atoms with E-state index in [2.05, 4.69) is 26.3 Å². The molecule has 0 bridgehead atoms. The number of aromatic hydroxyl groups is 2. The molecule has 0 saturated heterocycles. The molecular formula is C23H23Cl2N6O6+2. The zero-order valence-electron chi connectivity index (χ0n) is 19.6. The Morgan fingerprint density at radius 3 is 1.54 bits per heavy atom. The first-order chi connectivity index (χ1) is 17.4. The van der Waals surface area contributed by atoms with E-state index in [1.165, 1.54) is 50.7 Å². The standard InChI is InChI=1S/C23H22Cl2N6O6/c1-12(32)27-22-16(24)5-14(7-18(22)34)29-20(36)9-31(4-3-26-11-31)10-21(37)30-15-6-17(25)23(19(35)8-15)28-13(2)33/h3-8,11H,9-10H2,1-2H3,(H5-,27,28,29,30,32,33,34,35,36,37)/q+1/p+1. The fourth-order valence-corrected chi connectivity index (χ4v) is 4.01. The van der Waals surface area contributed by atoms with Crippen LogP contribution in [0.2, 0.25) is 10.0 Å². The van der Waals surface area contributed by atoms with Crippen LogP contribution in [0.4, 0.5) is 22.7 Å². The molecular weight excluding hydrogens is 527 g/mol. The van der Waals surface area contributed by atoms with Gasteiger partial charge in [0.25, 0.3) is 11.8 Å². The second kappa shape index (κ2) is 11.3. The first-order valence-electron chi connectivity index (χ1n) is 10.7. The van der Waals surface area contributed by atoms with Gasteiger partial charge in [0.1, 0.15) is 27.9 Å². The Hall–Kier alpha value is -4.13. The van der Waals surface area contributed by atoms with E-state index in [-0.39, 0.29) is 61.9 Å². The molecule has 1 aliphatic rings. The van der Waals surface area contributed by atoms with Crippen LogP contribution in [-0.4, -0.2) is 57.8 Å². The van der Waals surface area contributed by atoms with E-state index in [1.807, 2.05) is 0 Å². The van der Waals surface area contributed by atoms with Gasteiger partial charge < -0.3 is 31.5 Å². The number of carbonyl (C=O) groups is 4. The molecule has 0 spiro atoms. The number of halogens is 2. The average Bonchev–Trinajstić information content (AvgIpc) is 3.20. The fourth-order valence-electron chi connectivity index (χ4n) is 3.49. The van der Waals surface area contributed by atoms with Crippen LogP contribution >= 0.6 is 23.2 Å². The lowest BCUT2D eigenvalue weighted by Gasteiger charge is -2.22. The summed E-state index contributed by atoms with van der Waals surface area (Å²) in [6.07, 6.45) is 4.40. The highest BCUT2D eigenvalue weighted by atomic mass is 35.5. The number of rotatable bonds is 8. The minimum absolute atomic E-state index is 0.0122. The van der Waals surface area contributed by atoms with E-state index in [4.69, 9.17) is 23.2 Å². The normalized spacial score (nSPS) is 13.2. The van der Waals surface area contributed by atoms with E-state index in [0.717, 1.165) is 0 Å². The van der Waals surface area contributed by atoms with Crippen LogP contribution < -0.4 is 26.3 Å². The second-order valence-electron chi connectivity index (χ2n) is 8.15. The zero-order chi connectivity index (χ0) is 27.3. The van der Waals surface area contributed by atoms with Gasteiger partial charge in [0.05, 0.1) is 10.0 Å². The van der Waals surface area contributed by atoms with Crippen molar-refractivity contribution in [3.05, 3.63) is 46.7 Å². The molecule has 1 radical (unpaired) electrons. The zero-order valence-corrected chi connectivity index (χ0v) is 21.1. The molecule has 12 nitrogen and oxygen atoms in total. The number of hydrogen-bond donors (Lipinski definition) is 6. The topological polar surface area (TPSA) is 171 Å². The molecule has 0 aliphatic carbocycles. The van der Waals surface area contributed by atoms with Crippen LogP contribution in [0.25, 0.3) is 0 Å². The summed E-state index contributed by atoms with van der Waals surface area (Å²) in [5.41, 5.74) is 0.374. The Bertz CT molecular complexity index is 1200. The van der Waals surface area contributed by atoms with E-state index in [9.17, 15) is 29.4 Å². The molecule has 6 N–H and O–H groups in total. The van der Waals surface area contributed by atoms with Crippen LogP contribution in [0.15, 0.2) is 36.7 Å². The van der Waals surface area contributed by atoms with Crippen molar-refractivity contribution in [3.8, 4) is 11.5 Å². The molecule has 3 rings (SSSR count). The van der Waals surface area contributed by atoms with Gasteiger partial charge >= 0.3 is 12.5 Å². The second-order valence-corrected chi connectivity index (χ2v) is 8.96. The van der Waals surface area contributed by atoms with Gasteiger partial charge in [-0.15, -0.1) is 0 Å². The van der Waals surface area contributed by atoms with Gasteiger partial charge in [0.15, 0.2) is 19.3 Å². The summed E-state index contributed by atoms with van der Waals surface area (Å²) >= 11 is 12.2. The van der Waals surface area contributed by atoms with Gasteiger partial charge in [0, 0.05) is 37.4 Å². The average molecular weight is 550 g/mol. The van der Waals surface area contributed by atoms with Crippen molar-refractivity contribution in [2.24, 2.45) is 0 Å². The highest BCUT2D eigenvalue weighted by Gasteiger charge is 2.38. The number of phenolic OH excluding ortho intramolecular Hbond substituents is 2. The summed E-state index contributed by atoms with van der Waals surface area (Å²) < 4.78 is -0.259. The van der Waals surface area contributed by atoms with E-state index in [1.54, 1.807) is 6.20 Å². The lowest BCUT2D eigenvalue weighted by molar-refractivity contribution is -0.760. The summed E-state index contributed by atoms with van der Waals surface area (Å²) in [5, 5.41) is 30.3. The van der Waals surface area contributed by atoms with Gasteiger partial charge in [-0.25, -0.2) is 0 Å². The lowest BCUT2D eigenvalue weighted by atomic mass is 10.2. The van der Waals surface area contributed by atoms with Crippen molar-refractivity contribution < 1.29 is 33.9 Å². The summed E-state index contributed by atoms with van der Waals surface area (Å²) in [4.78, 5) is 52.1. The van der Waals surface area contributed by atoms with Crippen LogP contribution in [-0.2, 0) is 19.2 Å². The molecule has 0 atom stereocenters.